The average Bonchev–Trinajstić information content (AvgIpc) is 2.88. The van der Waals surface area contributed by atoms with Crippen LogP contribution in [0.1, 0.15) is 18.9 Å². The topological polar surface area (TPSA) is 38.3 Å². The lowest BCUT2D eigenvalue weighted by molar-refractivity contribution is -0.125. The highest BCUT2D eigenvalue weighted by Gasteiger charge is 2.24. The van der Waals surface area contributed by atoms with E-state index in [4.69, 9.17) is 27.9 Å². The minimum Gasteiger partial charge on any atom is -0.381 e. The zero-order valence-corrected chi connectivity index (χ0v) is 12.3. The Labute approximate surface area is 123 Å². The highest BCUT2D eigenvalue weighted by atomic mass is 35.5. The summed E-state index contributed by atoms with van der Waals surface area (Å²) >= 11 is 12.2. The molecule has 1 fully saturated rings. The molecule has 1 aromatic carbocycles. The Kier molecular flexibility index (Phi) is 5.08. The fourth-order valence-electron chi connectivity index (χ4n) is 2.19. The predicted molar refractivity (Wildman–Crippen MR) is 76.7 cm³/mol. The third-order valence-electron chi connectivity index (χ3n) is 3.26. The van der Waals surface area contributed by atoms with Crippen molar-refractivity contribution in [2.24, 2.45) is 5.92 Å². The van der Waals surface area contributed by atoms with Crippen molar-refractivity contribution in [3.63, 3.8) is 0 Å². The van der Waals surface area contributed by atoms with Gasteiger partial charge in [0.2, 0.25) is 5.91 Å². The number of hydrogen-bond acceptors (Lipinski definition) is 2. The van der Waals surface area contributed by atoms with Gasteiger partial charge in [-0.3, -0.25) is 4.79 Å². The second-order valence-electron chi connectivity index (χ2n) is 4.87. The van der Waals surface area contributed by atoms with Gasteiger partial charge in [0, 0.05) is 22.7 Å². The number of halogens is 2. The summed E-state index contributed by atoms with van der Waals surface area (Å²) in [5.74, 6) is 0.0253. The van der Waals surface area contributed by atoms with Crippen LogP contribution >= 0.6 is 23.2 Å². The molecule has 0 aromatic heterocycles. The van der Waals surface area contributed by atoms with Crippen LogP contribution in [0.2, 0.25) is 10.0 Å². The van der Waals surface area contributed by atoms with Gasteiger partial charge >= 0.3 is 0 Å². The predicted octanol–water partition coefficient (Wildman–Crippen LogP) is 3.08. The number of benzene rings is 1. The molecule has 0 bridgehead atoms. The van der Waals surface area contributed by atoms with Gasteiger partial charge in [0.15, 0.2) is 0 Å². The van der Waals surface area contributed by atoms with Crippen molar-refractivity contribution >= 4 is 29.1 Å². The van der Waals surface area contributed by atoms with E-state index in [-0.39, 0.29) is 17.9 Å². The van der Waals surface area contributed by atoms with E-state index >= 15 is 0 Å². The second-order valence-corrected chi connectivity index (χ2v) is 5.69. The van der Waals surface area contributed by atoms with Crippen molar-refractivity contribution in [2.75, 3.05) is 13.2 Å². The first-order valence-electron chi connectivity index (χ1n) is 6.39. The molecule has 0 unspecified atom stereocenters. The van der Waals surface area contributed by atoms with E-state index in [0.717, 1.165) is 12.0 Å². The van der Waals surface area contributed by atoms with Gasteiger partial charge in [-0.05, 0) is 37.5 Å². The summed E-state index contributed by atoms with van der Waals surface area (Å²) < 4.78 is 5.21. The fraction of sp³-hybridized carbons (Fsp3) is 0.500. The van der Waals surface area contributed by atoms with E-state index < -0.39 is 0 Å². The van der Waals surface area contributed by atoms with Crippen molar-refractivity contribution in [2.45, 2.75) is 25.8 Å². The average molecular weight is 302 g/mol. The third kappa shape index (κ3) is 3.85. The van der Waals surface area contributed by atoms with Crippen molar-refractivity contribution in [3.05, 3.63) is 33.8 Å². The fourth-order valence-corrected chi connectivity index (χ4v) is 2.74. The molecule has 3 nitrogen and oxygen atoms in total. The molecule has 0 radical (unpaired) electrons. The minimum absolute atomic E-state index is 0.00880. The largest absolute Gasteiger partial charge is 0.381 e. The molecule has 0 saturated carbocycles. The van der Waals surface area contributed by atoms with Gasteiger partial charge in [0.05, 0.1) is 12.5 Å². The summed E-state index contributed by atoms with van der Waals surface area (Å²) in [6, 6.07) is 5.42. The summed E-state index contributed by atoms with van der Waals surface area (Å²) in [4.78, 5) is 12.0. The molecule has 2 rings (SSSR count). The molecular weight excluding hydrogens is 285 g/mol. The molecule has 1 aromatic rings. The van der Waals surface area contributed by atoms with Gasteiger partial charge < -0.3 is 10.1 Å². The van der Waals surface area contributed by atoms with E-state index in [2.05, 4.69) is 5.32 Å². The second kappa shape index (κ2) is 6.60. The molecular formula is C14H17Cl2NO2. The monoisotopic (exact) mass is 301 g/mol. The molecule has 1 saturated heterocycles. The quantitative estimate of drug-likeness (QED) is 0.928. The van der Waals surface area contributed by atoms with Crippen LogP contribution < -0.4 is 5.32 Å². The summed E-state index contributed by atoms with van der Waals surface area (Å²) in [5.41, 5.74) is 0.876. The first kappa shape index (κ1) is 14.6. The van der Waals surface area contributed by atoms with E-state index in [1.165, 1.54) is 0 Å². The van der Waals surface area contributed by atoms with Crippen molar-refractivity contribution in [1.82, 2.24) is 5.32 Å². The first-order valence-corrected chi connectivity index (χ1v) is 7.14. The molecule has 5 heteroatoms. The maximum Gasteiger partial charge on any atom is 0.225 e. The van der Waals surface area contributed by atoms with E-state index in [1.54, 1.807) is 0 Å². The molecule has 1 heterocycles. The van der Waals surface area contributed by atoms with E-state index in [1.807, 2.05) is 25.1 Å². The van der Waals surface area contributed by atoms with E-state index in [0.29, 0.717) is 29.7 Å². The minimum atomic E-state index is -0.0239. The van der Waals surface area contributed by atoms with Crippen LogP contribution in [0.25, 0.3) is 0 Å². The normalized spacial score (nSPS) is 20.3. The Morgan fingerprint density at radius 2 is 2.16 bits per heavy atom. The first-order chi connectivity index (χ1) is 9.08. The van der Waals surface area contributed by atoms with Gasteiger partial charge in [-0.15, -0.1) is 0 Å². The summed E-state index contributed by atoms with van der Waals surface area (Å²) in [7, 11) is 0. The Hall–Kier alpha value is -0.770. The molecule has 1 N–H and O–H groups in total. The van der Waals surface area contributed by atoms with Crippen LogP contribution in [0.3, 0.4) is 0 Å². The van der Waals surface area contributed by atoms with Gasteiger partial charge in [-0.1, -0.05) is 29.3 Å². The third-order valence-corrected chi connectivity index (χ3v) is 3.97. The highest BCUT2D eigenvalue weighted by molar-refractivity contribution is 6.36. The van der Waals surface area contributed by atoms with Gasteiger partial charge in [0.25, 0.3) is 0 Å². The maximum absolute atomic E-state index is 12.0. The zero-order valence-electron chi connectivity index (χ0n) is 10.8. The molecule has 2 atom stereocenters. The number of carbonyl (C=O) groups is 1. The molecule has 1 aliphatic rings. The number of nitrogens with one attached hydrogen (secondary N) is 1. The lowest BCUT2D eigenvalue weighted by Crippen LogP contribution is -2.38. The molecule has 1 aliphatic heterocycles. The summed E-state index contributed by atoms with van der Waals surface area (Å²) in [6.07, 6.45) is 1.42. The molecule has 0 spiro atoms. The standard InChI is InChI=1S/C14H17Cl2NO2/c1-9(17-14(18)10-5-6-19-8-10)7-11-12(15)3-2-4-13(11)16/h2-4,9-10H,5-8H2,1H3,(H,17,18)/t9-,10+/m0/s1. The summed E-state index contributed by atoms with van der Waals surface area (Å²) in [6.45, 7) is 3.14. The Bertz CT molecular complexity index is 439. The van der Waals surface area contributed by atoms with Crippen LogP contribution in [0, 0.1) is 5.92 Å². The van der Waals surface area contributed by atoms with Crippen molar-refractivity contribution < 1.29 is 9.53 Å². The number of rotatable bonds is 4. The Morgan fingerprint density at radius 1 is 1.47 bits per heavy atom. The van der Waals surface area contributed by atoms with Gasteiger partial charge in [-0.25, -0.2) is 0 Å². The maximum atomic E-state index is 12.0. The molecule has 0 aliphatic carbocycles. The van der Waals surface area contributed by atoms with Crippen LogP contribution in [-0.2, 0) is 16.0 Å². The van der Waals surface area contributed by atoms with Crippen LogP contribution in [0.15, 0.2) is 18.2 Å². The zero-order chi connectivity index (χ0) is 13.8. The van der Waals surface area contributed by atoms with Crippen LogP contribution in [-0.4, -0.2) is 25.2 Å². The van der Waals surface area contributed by atoms with Crippen LogP contribution in [0.4, 0.5) is 0 Å². The van der Waals surface area contributed by atoms with Crippen LogP contribution in [0.5, 0.6) is 0 Å². The number of carbonyl (C=O) groups excluding carboxylic acids is 1. The lowest BCUT2D eigenvalue weighted by atomic mass is 10.0. The van der Waals surface area contributed by atoms with Crippen molar-refractivity contribution in [3.8, 4) is 0 Å². The Morgan fingerprint density at radius 3 is 2.74 bits per heavy atom. The lowest BCUT2D eigenvalue weighted by Gasteiger charge is -2.17. The molecule has 104 valence electrons. The number of amides is 1. The van der Waals surface area contributed by atoms with E-state index in [9.17, 15) is 4.79 Å². The highest BCUT2D eigenvalue weighted by Crippen LogP contribution is 2.25. The Balaban J connectivity index is 1.93. The SMILES string of the molecule is C[C@@H](Cc1c(Cl)cccc1Cl)NC(=O)[C@@H]1CCOC1. The number of hydrogen-bond donors (Lipinski definition) is 1. The van der Waals surface area contributed by atoms with Gasteiger partial charge in [0.1, 0.15) is 0 Å². The number of ether oxygens (including phenoxy) is 1. The smallest absolute Gasteiger partial charge is 0.225 e. The molecule has 1 amide bonds. The van der Waals surface area contributed by atoms with Gasteiger partial charge in [-0.2, -0.15) is 0 Å². The summed E-state index contributed by atoms with van der Waals surface area (Å²) in [5, 5.41) is 4.26. The van der Waals surface area contributed by atoms with Crippen molar-refractivity contribution in [1.29, 1.82) is 0 Å². The molecule has 19 heavy (non-hydrogen) atoms.